The Hall–Kier alpha value is -3.03. The topological polar surface area (TPSA) is 66.0 Å². The van der Waals surface area contributed by atoms with Gasteiger partial charge in [0.15, 0.2) is 23.0 Å². The van der Waals surface area contributed by atoms with Gasteiger partial charge in [-0.15, -0.1) is 0 Å². The van der Waals surface area contributed by atoms with Crippen LogP contribution in [-0.2, 0) is 0 Å². The first-order valence-corrected chi connectivity index (χ1v) is 7.56. The van der Waals surface area contributed by atoms with Crippen LogP contribution >= 0.6 is 0 Å². The summed E-state index contributed by atoms with van der Waals surface area (Å²) in [5.41, 5.74) is 1.51. The Labute approximate surface area is 149 Å². The minimum Gasteiger partial charge on any atom is -0.493 e. The molecule has 2 aromatic carbocycles. The Morgan fingerprint density at radius 3 is 2.08 bits per heavy atom. The lowest BCUT2D eigenvalue weighted by Gasteiger charge is -2.14. The van der Waals surface area contributed by atoms with Gasteiger partial charge in [-0.1, -0.05) is 0 Å². The SMILES string of the molecule is COc1cc(C)c(NC(=O)c2ccc(OC(F)F)c(OC)c2)cc1OC. The first kappa shape index (κ1) is 19.3. The third kappa shape index (κ3) is 4.33. The lowest BCUT2D eigenvalue weighted by molar-refractivity contribution is -0.0512. The second-order valence-corrected chi connectivity index (χ2v) is 5.22. The van der Waals surface area contributed by atoms with Crippen molar-refractivity contribution in [3.8, 4) is 23.0 Å². The van der Waals surface area contributed by atoms with Gasteiger partial charge in [-0.3, -0.25) is 4.79 Å². The zero-order valence-corrected chi connectivity index (χ0v) is 14.8. The van der Waals surface area contributed by atoms with Crippen molar-refractivity contribution in [3.63, 3.8) is 0 Å². The maximum absolute atomic E-state index is 12.5. The highest BCUT2D eigenvalue weighted by Gasteiger charge is 2.16. The van der Waals surface area contributed by atoms with Crippen molar-refractivity contribution in [1.29, 1.82) is 0 Å². The van der Waals surface area contributed by atoms with E-state index in [2.05, 4.69) is 10.1 Å². The number of methoxy groups -OCH3 is 3. The van der Waals surface area contributed by atoms with Crippen molar-refractivity contribution in [2.24, 2.45) is 0 Å². The molecule has 0 aromatic heterocycles. The summed E-state index contributed by atoms with van der Waals surface area (Å²) in [6.07, 6.45) is 0. The van der Waals surface area contributed by atoms with E-state index in [1.807, 2.05) is 0 Å². The lowest BCUT2D eigenvalue weighted by atomic mass is 10.1. The molecule has 0 aliphatic heterocycles. The first-order valence-electron chi connectivity index (χ1n) is 7.56. The minimum atomic E-state index is -2.99. The Morgan fingerprint density at radius 1 is 0.923 bits per heavy atom. The van der Waals surface area contributed by atoms with Crippen LogP contribution in [-0.4, -0.2) is 33.8 Å². The molecule has 26 heavy (non-hydrogen) atoms. The van der Waals surface area contributed by atoms with Crippen molar-refractivity contribution in [2.75, 3.05) is 26.6 Å². The van der Waals surface area contributed by atoms with E-state index in [0.29, 0.717) is 17.2 Å². The number of carbonyl (C=O) groups is 1. The molecule has 2 rings (SSSR count). The molecule has 140 valence electrons. The van der Waals surface area contributed by atoms with Gasteiger partial charge >= 0.3 is 6.61 Å². The second-order valence-electron chi connectivity index (χ2n) is 5.22. The summed E-state index contributed by atoms with van der Waals surface area (Å²) in [7, 11) is 4.31. The average molecular weight is 367 g/mol. The van der Waals surface area contributed by atoms with Crippen LogP contribution in [0.4, 0.5) is 14.5 Å². The van der Waals surface area contributed by atoms with Crippen molar-refractivity contribution in [1.82, 2.24) is 0 Å². The van der Waals surface area contributed by atoms with Crippen LogP contribution in [0.5, 0.6) is 23.0 Å². The summed E-state index contributed by atoms with van der Waals surface area (Å²) in [6, 6.07) is 7.31. The van der Waals surface area contributed by atoms with E-state index in [4.69, 9.17) is 14.2 Å². The summed E-state index contributed by atoms with van der Waals surface area (Å²) >= 11 is 0. The molecular weight excluding hydrogens is 348 g/mol. The summed E-state index contributed by atoms with van der Waals surface area (Å²) < 4.78 is 44.5. The average Bonchev–Trinajstić information content (AvgIpc) is 2.62. The van der Waals surface area contributed by atoms with E-state index in [-0.39, 0.29) is 17.1 Å². The highest BCUT2D eigenvalue weighted by molar-refractivity contribution is 6.05. The normalized spacial score (nSPS) is 10.4. The number of alkyl halides is 2. The molecule has 1 N–H and O–H groups in total. The van der Waals surface area contributed by atoms with Gasteiger partial charge in [-0.05, 0) is 36.8 Å². The maximum Gasteiger partial charge on any atom is 0.387 e. The van der Waals surface area contributed by atoms with Gasteiger partial charge in [0.1, 0.15) is 0 Å². The van der Waals surface area contributed by atoms with E-state index in [9.17, 15) is 13.6 Å². The fourth-order valence-corrected chi connectivity index (χ4v) is 2.31. The van der Waals surface area contributed by atoms with E-state index < -0.39 is 12.5 Å². The number of benzene rings is 2. The molecule has 6 nitrogen and oxygen atoms in total. The number of hydrogen-bond acceptors (Lipinski definition) is 5. The number of nitrogens with one attached hydrogen (secondary N) is 1. The molecular formula is C18H19F2NO5. The Morgan fingerprint density at radius 2 is 1.50 bits per heavy atom. The Balaban J connectivity index is 2.27. The third-order valence-electron chi connectivity index (χ3n) is 3.62. The van der Waals surface area contributed by atoms with Crippen LogP contribution in [0.1, 0.15) is 15.9 Å². The molecule has 0 bridgehead atoms. The van der Waals surface area contributed by atoms with Gasteiger partial charge < -0.3 is 24.3 Å². The monoisotopic (exact) mass is 367 g/mol. The molecule has 0 atom stereocenters. The summed E-state index contributed by atoms with van der Waals surface area (Å²) in [4.78, 5) is 12.5. The fourth-order valence-electron chi connectivity index (χ4n) is 2.31. The lowest BCUT2D eigenvalue weighted by Crippen LogP contribution is -2.13. The largest absolute Gasteiger partial charge is 0.493 e. The van der Waals surface area contributed by atoms with Crippen LogP contribution in [0.15, 0.2) is 30.3 Å². The van der Waals surface area contributed by atoms with Gasteiger partial charge in [0, 0.05) is 17.3 Å². The first-order chi connectivity index (χ1) is 12.4. The van der Waals surface area contributed by atoms with Crippen molar-refractivity contribution in [3.05, 3.63) is 41.5 Å². The zero-order valence-electron chi connectivity index (χ0n) is 14.8. The standard InChI is InChI=1S/C18H19F2NO5/c1-10-7-14(23-2)16(25-4)9-12(10)21-17(22)11-5-6-13(26-18(19)20)15(8-11)24-3/h5-9,18H,1-4H3,(H,21,22). The number of ether oxygens (including phenoxy) is 4. The van der Waals surface area contributed by atoms with E-state index in [1.165, 1.54) is 39.5 Å². The molecule has 2 aromatic rings. The summed E-state index contributed by atoms with van der Waals surface area (Å²) in [6.45, 7) is -1.18. The number of anilines is 1. The molecule has 0 saturated heterocycles. The molecule has 0 fully saturated rings. The molecule has 0 saturated carbocycles. The van der Waals surface area contributed by atoms with E-state index in [0.717, 1.165) is 5.56 Å². The molecule has 0 unspecified atom stereocenters. The Bertz CT molecular complexity index is 795. The third-order valence-corrected chi connectivity index (χ3v) is 3.62. The van der Waals surface area contributed by atoms with Crippen LogP contribution in [0.25, 0.3) is 0 Å². The predicted molar refractivity (Wildman–Crippen MR) is 91.9 cm³/mol. The number of carbonyl (C=O) groups excluding carboxylic acids is 1. The molecule has 0 spiro atoms. The fraction of sp³-hybridized carbons (Fsp3) is 0.278. The molecule has 0 radical (unpaired) electrons. The van der Waals surface area contributed by atoms with Crippen molar-refractivity contribution in [2.45, 2.75) is 13.5 Å². The number of halogens is 2. The zero-order chi connectivity index (χ0) is 19.3. The van der Waals surface area contributed by atoms with Crippen molar-refractivity contribution < 1.29 is 32.5 Å². The molecule has 8 heteroatoms. The Kier molecular flexibility index (Phi) is 6.21. The van der Waals surface area contributed by atoms with E-state index in [1.54, 1.807) is 19.1 Å². The number of amides is 1. The number of aryl methyl sites for hydroxylation is 1. The van der Waals surface area contributed by atoms with Crippen LogP contribution in [0.3, 0.4) is 0 Å². The molecule has 0 aliphatic rings. The number of hydrogen-bond donors (Lipinski definition) is 1. The summed E-state index contributed by atoms with van der Waals surface area (Å²) in [5, 5.41) is 2.75. The summed E-state index contributed by atoms with van der Waals surface area (Å²) in [5.74, 6) is 0.440. The van der Waals surface area contributed by atoms with Gasteiger partial charge in [0.2, 0.25) is 0 Å². The number of rotatable bonds is 7. The second kappa shape index (κ2) is 8.37. The molecule has 1 amide bonds. The minimum absolute atomic E-state index is 0.0296. The van der Waals surface area contributed by atoms with Gasteiger partial charge in [-0.2, -0.15) is 8.78 Å². The van der Waals surface area contributed by atoms with Gasteiger partial charge in [0.25, 0.3) is 5.91 Å². The van der Waals surface area contributed by atoms with Crippen LogP contribution in [0, 0.1) is 6.92 Å². The van der Waals surface area contributed by atoms with Crippen LogP contribution < -0.4 is 24.3 Å². The van der Waals surface area contributed by atoms with Crippen molar-refractivity contribution >= 4 is 11.6 Å². The van der Waals surface area contributed by atoms with Gasteiger partial charge in [-0.25, -0.2) is 0 Å². The maximum atomic E-state index is 12.5. The molecule has 0 heterocycles. The van der Waals surface area contributed by atoms with E-state index >= 15 is 0 Å². The molecule has 0 aliphatic carbocycles. The van der Waals surface area contributed by atoms with Crippen LogP contribution in [0.2, 0.25) is 0 Å². The quantitative estimate of drug-likeness (QED) is 0.805. The van der Waals surface area contributed by atoms with Gasteiger partial charge in [0.05, 0.1) is 21.3 Å². The smallest absolute Gasteiger partial charge is 0.387 e. The predicted octanol–water partition coefficient (Wildman–Crippen LogP) is 3.87. The highest BCUT2D eigenvalue weighted by atomic mass is 19.3. The highest BCUT2D eigenvalue weighted by Crippen LogP contribution is 2.34.